The molecule has 2 aromatic rings. The van der Waals surface area contributed by atoms with Crippen molar-refractivity contribution in [1.29, 1.82) is 0 Å². The molecule has 25 heavy (non-hydrogen) atoms. The van der Waals surface area contributed by atoms with E-state index in [1.165, 1.54) is 17.4 Å². The van der Waals surface area contributed by atoms with E-state index in [4.69, 9.17) is 14.9 Å². The van der Waals surface area contributed by atoms with Crippen molar-refractivity contribution >= 4 is 22.4 Å². The van der Waals surface area contributed by atoms with Crippen LogP contribution >= 0.6 is 11.3 Å². The number of carbonyl (C=O) groups is 1. The lowest BCUT2D eigenvalue weighted by Crippen LogP contribution is -2.57. The van der Waals surface area contributed by atoms with Gasteiger partial charge in [-0.15, -0.1) is 11.3 Å². The fourth-order valence-electron chi connectivity index (χ4n) is 3.66. The number of amides is 1. The minimum absolute atomic E-state index is 0.0383. The van der Waals surface area contributed by atoms with Crippen LogP contribution in [0.25, 0.3) is 0 Å². The number of ether oxygens (including phenoxy) is 1. The van der Waals surface area contributed by atoms with E-state index < -0.39 is 0 Å². The number of morpholine rings is 1. The minimum atomic E-state index is -0.151. The molecular weight excluding hydrogens is 340 g/mol. The number of likely N-dealkylation sites (tertiary alicyclic amines) is 1. The average molecular weight is 362 g/mol. The molecule has 4 heterocycles. The molecule has 2 fully saturated rings. The Morgan fingerprint density at radius 3 is 2.88 bits per heavy atom. The molecule has 2 aliphatic rings. The number of nitrogens with two attached hydrogens (primary N) is 1. The van der Waals surface area contributed by atoms with Gasteiger partial charge in [0.15, 0.2) is 5.13 Å². The highest BCUT2D eigenvalue weighted by Crippen LogP contribution is 2.31. The quantitative estimate of drug-likeness (QED) is 0.897. The van der Waals surface area contributed by atoms with E-state index in [1.807, 2.05) is 11.1 Å². The average Bonchev–Trinajstić information content (AvgIpc) is 3.27. The number of rotatable bonds is 3. The van der Waals surface area contributed by atoms with Gasteiger partial charge in [0.1, 0.15) is 6.26 Å². The molecule has 8 heteroatoms. The number of furan rings is 1. The van der Waals surface area contributed by atoms with Crippen LogP contribution < -0.4 is 5.73 Å². The Bertz CT molecular complexity index is 722. The van der Waals surface area contributed by atoms with E-state index in [0.717, 1.165) is 39.1 Å². The molecule has 7 nitrogen and oxygen atoms in total. The van der Waals surface area contributed by atoms with E-state index in [1.54, 1.807) is 17.4 Å². The molecule has 0 atom stereocenters. The lowest BCUT2D eigenvalue weighted by molar-refractivity contribution is -0.134. The van der Waals surface area contributed by atoms with E-state index in [-0.39, 0.29) is 11.5 Å². The largest absolute Gasteiger partial charge is 0.472 e. The first-order valence-corrected chi connectivity index (χ1v) is 9.33. The third kappa shape index (κ3) is 3.56. The van der Waals surface area contributed by atoms with Gasteiger partial charge in [-0.1, -0.05) is 0 Å². The summed E-state index contributed by atoms with van der Waals surface area (Å²) >= 11 is 1.54. The first-order valence-electron chi connectivity index (χ1n) is 8.52. The number of anilines is 1. The van der Waals surface area contributed by atoms with Gasteiger partial charge in [0.05, 0.1) is 24.0 Å². The summed E-state index contributed by atoms with van der Waals surface area (Å²) in [4.78, 5) is 22.0. The molecule has 0 aliphatic carbocycles. The van der Waals surface area contributed by atoms with Crippen LogP contribution in [0.4, 0.5) is 5.13 Å². The predicted octanol–water partition coefficient (Wildman–Crippen LogP) is 1.83. The van der Waals surface area contributed by atoms with Gasteiger partial charge in [-0.3, -0.25) is 9.69 Å². The molecule has 1 spiro atoms. The maximum absolute atomic E-state index is 12.4. The highest BCUT2D eigenvalue weighted by Gasteiger charge is 2.40. The molecule has 0 saturated carbocycles. The minimum Gasteiger partial charge on any atom is -0.472 e. The zero-order chi connectivity index (χ0) is 17.3. The van der Waals surface area contributed by atoms with Crippen LogP contribution in [0, 0.1) is 0 Å². The Labute approximate surface area is 150 Å². The summed E-state index contributed by atoms with van der Waals surface area (Å²) in [5.74, 6) is 0.0383. The number of piperidine rings is 1. The van der Waals surface area contributed by atoms with Gasteiger partial charge >= 0.3 is 0 Å². The van der Waals surface area contributed by atoms with Gasteiger partial charge < -0.3 is 19.8 Å². The van der Waals surface area contributed by atoms with Crippen LogP contribution in [0.15, 0.2) is 29.2 Å². The van der Waals surface area contributed by atoms with Crippen LogP contribution in [0.3, 0.4) is 0 Å². The number of hydrogen-bond donors (Lipinski definition) is 1. The Balaban J connectivity index is 1.36. The molecule has 1 amide bonds. The van der Waals surface area contributed by atoms with Crippen LogP contribution in [-0.4, -0.2) is 59.1 Å². The van der Waals surface area contributed by atoms with Crippen molar-refractivity contribution in [1.82, 2.24) is 14.8 Å². The predicted molar refractivity (Wildman–Crippen MR) is 94.3 cm³/mol. The topological polar surface area (TPSA) is 84.8 Å². The van der Waals surface area contributed by atoms with E-state index >= 15 is 0 Å². The molecule has 0 aromatic carbocycles. The van der Waals surface area contributed by atoms with E-state index in [2.05, 4.69) is 9.88 Å². The first-order chi connectivity index (χ1) is 12.1. The molecule has 2 N–H and O–H groups in total. The summed E-state index contributed by atoms with van der Waals surface area (Å²) in [7, 11) is 0. The summed E-state index contributed by atoms with van der Waals surface area (Å²) in [6, 6.07) is 1.71. The second kappa shape index (κ2) is 6.78. The van der Waals surface area contributed by atoms with Crippen molar-refractivity contribution in [3.8, 4) is 0 Å². The fourth-order valence-corrected chi connectivity index (χ4v) is 4.39. The number of aromatic nitrogens is 1. The van der Waals surface area contributed by atoms with Gasteiger partial charge in [0.2, 0.25) is 0 Å². The second-order valence-electron chi connectivity index (χ2n) is 6.71. The SMILES string of the molecule is Nc1ncc(CN2CCOC3(CCN(C(=O)c4ccoc4)CC3)C2)s1. The molecule has 4 rings (SSSR count). The molecule has 2 aliphatic heterocycles. The molecular formula is C17H22N4O3S. The van der Waals surface area contributed by atoms with Crippen LogP contribution in [0.1, 0.15) is 28.1 Å². The highest BCUT2D eigenvalue weighted by molar-refractivity contribution is 7.15. The normalized spacial score (nSPS) is 20.9. The first kappa shape index (κ1) is 16.6. The molecule has 0 unspecified atom stereocenters. The van der Waals surface area contributed by atoms with Crippen molar-refractivity contribution in [2.24, 2.45) is 0 Å². The summed E-state index contributed by atoms with van der Waals surface area (Å²) in [6.45, 7) is 4.81. The number of hydrogen-bond acceptors (Lipinski definition) is 7. The lowest BCUT2D eigenvalue weighted by Gasteiger charge is -2.47. The van der Waals surface area contributed by atoms with Crippen LogP contribution in [0.5, 0.6) is 0 Å². The molecule has 134 valence electrons. The summed E-state index contributed by atoms with van der Waals surface area (Å²) in [5, 5.41) is 0.615. The molecule has 2 saturated heterocycles. The third-order valence-electron chi connectivity index (χ3n) is 5.01. The van der Waals surface area contributed by atoms with Crippen molar-refractivity contribution in [3.63, 3.8) is 0 Å². The lowest BCUT2D eigenvalue weighted by atomic mass is 9.89. The van der Waals surface area contributed by atoms with Gasteiger partial charge in [0, 0.05) is 43.8 Å². The Morgan fingerprint density at radius 1 is 1.36 bits per heavy atom. The van der Waals surface area contributed by atoms with Crippen molar-refractivity contribution < 1.29 is 13.9 Å². The highest BCUT2D eigenvalue weighted by atomic mass is 32.1. The maximum Gasteiger partial charge on any atom is 0.257 e. The molecule has 0 radical (unpaired) electrons. The van der Waals surface area contributed by atoms with Crippen molar-refractivity contribution in [2.75, 3.05) is 38.5 Å². The standard InChI is InChI=1S/C17H22N4O3S/c18-16-19-9-14(25-16)10-20-6-8-24-17(12-20)2-4-21(5-3-17)15(22)13-1-7-23-11-13/h1,7,9,11H,2-6,8,10,12H2,(H2,18,19). The van der Waals surface area contributed by atoms with Crippen LogP contribution in [0.2, 0.25) is 0 Å². The smallest absolute Gasteiger partial charge is 0.257 e. The number of thiazole rings is 1. The summed E-state index contributed by atoms with van der Waals surface area (Å²) in [6.07, 6.45) is 6.61. The summed E-state index contributed by atoms with van der Waals surface area (Å²) in [5.41, 5.74) is 6.19. The van der Waals surface area contributed by atoms with Gasteiger partial charge in [-0.25, -0.2) is 4.98 Å². The zero-order valence-corrected chi connectivity index (χ0v) is 14.8. The third-order valence-corrected chi connectivity index (χ3v) is 5.82. The number of nitrogens with zero attached hydrogens (tertiary/aromatic N) is 3. The Kier molecular flexibility index (Phi) is 4.49. The maximum atomic E-state index is 12.4. The Morgan fingerprint density at radius 2 is 2.20 bits per heavy atom. The molecule has 2 aromatic heterocycles. The fraction of sp³-hybridized carbons (Fsp3) is 0.529. The summed E-state index contributed by atoms with van der Waals surface area (Å²) < 4.78 is 11.2. The van der Waals surface area contributed by atoms with Crippen molar-refractivity contribution in [2.45, 2.75) is 25.0 Å². The second-order valence-corrected chi connectivity index (χ2v) is 7.86. The monoisotopic (exact) mass is 362 g/mol. The van der Waals surface area contributed by atoms with Gasteiger partial charge in [-0.2, -0.15) is 0 Å². The number of nitrogen functional groups attached to an aromatic ring is 1. The van der Waals surface area contributed by atoms with Gasteiger partial charge in [0.25, 0.3) is 5.91 Å². The zero-order valence-electron chi connectivity index (χ0n) is 14.0. The van der Waals surface area contributed by atoms with Crippen molar-refractivity contribution in [3.05, 3.63) is 35.2 Å². The van der Waals surface area contributed by atoms with Gasteiger partial charge in [-0.05, 0) is 18.9 Å². The van der Waals surface area contributed by atoms with Crippen LogP contribution in [-0.2, 0) is 11.3 Å². The van der Waals surface area contributed by atoms with E-state index in [9.17, 15) is 4.79 Å². The van der Waals surface area contributed by atoms with E-state index in [0.29, 0.717) is 23.8 Å². The number of carbonyl (C=O) groups excluding carboxylic acids is 1. The Hall–Kier alpha value is -1.90. The molecule has 0 bridgehead atoms.